The zero-order chi connectivity index (χ0) is 17.9. The van der Waals surface area contributed by atoms with Crippen LogP contribution in [0.5, 0.6) is 0 Å². The molecule has 0 aliphatic heterocycles. The number of hydrogen-bond acceptors (Lipinski definition) is 1. The van der Waals surface area contributed by atoms with Crippen molar-refractivity contribution in [3.63, 3.8) is 0 Å². The third-order valence-corrected chi connectivity index (χ3v) is 5.02. The summed E-state index contributed by atoms with van der Waals surface area (Å²) in [5, 5.41) is 0. The molecule has 2 rings (SSSR count). The molecule has 1 aliphatic carbocycles. The van der Waals surface area contributed by atoms with Gasteiger partial charge in [0.15, 0.2) is 0 Å². The molecule has 1 aliphatic rings. The summed E-state index contributed by atoms with van der Waals surface area (Å²) in [6, 6.07) is 5.05. The van der Waals surface area contributed by atoms with Crippen molar-refractivity contribution in [2.24, 2.45) is 17.6 Å². The van der Waals surface area contributed by atoms with E-state index in [-0.39, 0.29) is 5.82 Å². The van der Waals surface area contributed by atoms with Gasteiger partial charge in [-0.25, -0.2) is 4.39 Å². The second-order valence-electron chi connectivity index (χ2n) is 7.38. The highest BCUT2D eigenvalue weighted by Crippen LogP contribution is 2.34. The standard InChI is InChI=1S/C17H23F.C5H13N/c1-12(2)15-7-5-14(6-8-15)10-16-11-17(18)9-4-13(16)3;1-2-3-4-5-6/h4,9-12,15H,5-8H2,1-3H3;2-6H2,1H3. The first-order chi connectivity index (χ1) is 11.5. The quantitative estimate of drug-likeness (QED) is 0.612. The first kappa shape index (κ1) is 20.9. The second-order valence-corrected chi connectivity index (χ2v) is 7.38. The summed E-state index contributed by atoms with van der Waals surface area (Å²) in [6.45, 7) is 9.71. The van der Waals surface area contributed by atoms with E-state index in [2.05, 4.69) is 26.8 Å². The molecule has 0 unspecified atom stereocenters. The third kappa shape index (κ3) is 7.61. The molecule has 1 saturated carbocycles. The van der Waals surface area contributed by atoms with Gasteiger partial charge in [-0.05, 0) is 80.7 Å². The Labute approximate surface area is 148 Å². The molecule has 0 spiro atoms. The zero-order valence-corrected chi connectivity index (χ0v) is 16.1. The minimum atomic E-state index is -0.136. The number of allylic oxidation sites excluding steroid dienone is 1. The Morgan fingerprint density at radius 2 is 1.88 bits per heavy atom. The molecule has 0 radical (unpaired) electrons. The molecular weight excluding hydrogens is 297 g/mol. The summed E-state index contributed by atoms with van der Waals surface area (Å²) in [6.07, 6.45) is 10.9. The average molecular weight is 334 g/mol. The van der Waals surface area contributed by atoms with Crippen molar-refractivity contribution >= 4 is 6.08 Å². The Balaban J connectivity index is 0.000000413. The number of hydrogen-bond donors (Lipinski definition) is 1. The fraction of sp³-hybridized carbons (Fsp3) is 0.636. The van der Waals surface area contributed by atoms with Crippen molar-refractivity contribution in [1.82, 2.24) is 0 Å². The van der Waals surface area contributed by atoms with E-state index < -0.39 is 0 Å². The van der Waals surface area contributed by atoms with Crippen LogP contribution in [0.3, 0.4) is 0 Å². The predicted molar refractivity (Wildman–Crippen MR) is 104 cm³/mol. The minimum absolute atomic E-state index is 0.136. The first-order valence-corrected chi connectivity index (χ1v) is 9.63. The predicted octanol–water partition coefficient (Wildman–Crippen LogP) is 6.50. The van der Waals surface area contributed by atoms with Crippen molar-refractivity contribution in [1.29, 1.82) is 0 Å². The summed E-state index contributed by atoms with van der Waals surface area (Å²) in [7, 11) is 0. The van der Waals surface area contributed by atoms with E-state index in [0.29, 0.717) is 0 Å². The fourth-order valence-corrected chi connectivity index (χ4v) is 3.20. The first-order valence-electron chi connectivity index (χ1n) is 9.63. The Hall–Kier alpha value is -1.15. The maximum Gasteiger partial charge on any atom is 0.123 e. The van der Waals surface area contributed by atoms with Crippen LogP contribution in [0.1, 0.15) is 76.8 Å². The lowest BCUT2D eigenvalue weighted by Crippen LogP contribution is -2.13. The van der Waals surface area contributed by atoms with E-state index in [0.717, 1.165) is 29.5 Å². The van der Waals surface area contributed by atoms with Crippen LogP contribution >= 0.6 is 0 Å². The van der Waals surface area contributed by atoms with Gasteiger partial charge in [0.05, 0.1) is 0 Å². The maximum atomic E-state index is 13.2. The van der Waals surface area contributed by atoms with E-state index in [1.807, 2.05) is 13.0 Å². The second kappa shape index (κ2) is 11.4. The lowest BCUT2D eigenvalue weighted by Gasteiger charge is -2.27. The lowest BCUT2D eigenvalue weighted by atomic mass is 9.79. The summed E-state index contributed by atoms with van der Waals surface area (Å²) in [5.41, 5.74) is 8.91. The topological polar surface area (TPSA) is 26.0 Å². The van der Waals surface area contributed by atoms with Crippen LogP contribution in [0.25, 0.3) is 6.08 Å². The molecule has 2 heteroatoms. The summed E-state index contributed by atoms with van der Waals surface area (Å²) in [5.74, 6) is 1.53. The molecule has 0 amide bonds. The summed E-state index contributed by atoms with van der Waals surface area (Å²) in [4.78, 5) is 0. The van der Waals surface area contributed by atoms with Crippen molar-refractivity contribution in [2.75, 3.05) is 6.54 Å². The number of nitrogens with two attached hydrogens (primary N) is 1. The molecule has 0 bridgehead atoms. The Bertz CT molecular complexity index is 491. The van der Waals surface area contributed by atoms with Gasteiger partial charge in [0.2, 0.25) is 0 Å². The molecular formula is C22H36FN. The third-order valence-electron chi connectivity index (χ3n) is 5.02. The van der Waals surface area contributed by atoms with Crippen molar-refractivity contribution in [3.05, 3.63) is 40.7 Å². The molecule has 1 fully saturated rings. The molecule has 1 aromatic rings. The van der Waals surface area contributed by atoms with Crippen LogP contribution in [0, 0.1) is 24.6 Å². The van der Waals surface area contributed by atoms with Crippen molar-refractivity contribution < 1.29 is 4.39 Å². The Morgan fingerprint density at radius 1 is 1.21 bits per heavy atom. The van der Waals surface area contributed by atoms with Gasteiger partial charge in [0, 0.05) is 0 Å². The zero-order valence-electron chi connectivity index (χ0n) is 16.1. The van der Waals surface area contributed by atoms with Gasteiger partial charge >= 0.3 is 0 Å². The van der Waals surface area contributed by atoms with E-state index in [1.165, 1.54) is 56.6 Å². The van der Waals surface area contributed by atoms with Gasteiger partial charge in [-0.3, -0.25) is 0 Å². The van der Waals surface area contributed by atoms with Crippen LogP contribution in [-0.4, -0.2) is 6.54 Å². The molecule has 24 heavy (non-hydrogen) atoms. The SMILES string of the molecule is CCCCCN.Cc1ccc(F)cc1C=C1CCC(C(C)C)CC1. The van der Waals surface area contributed by atoms with E-state index in [1.54, 1.807) is 6.07 Å². The van der Waals surface area contributed by atoms with Crippen LogP contribution in [0.4, 0.5) is 4.39 Å². The molecule has 0 atom stereocenters. The van der Waals surface area contributed by atoms with Gasteiger partial charge < -0.3 is 5.73 Å². The summed E-state index contributed by atoms with van der Waals surface area (Å²) < 4.78 is 13.2. The molecule has 0 saturated heterocycles. The molecule has 1 aromatic carbocycles. The van der Waals surface area contributed by atoms with Gasteiger partial charge in [-0.2, -0.15) is 0 Å². The van der Waals surface area contributed by atoms with Crippen LogP contribution in [0.2, 0.25) is 0 Å². The van der Waals surface area contributed by atoms with Gasteiger partial charge in [-0.15, -0.1) is 0 Å². The lowest BCUT2D eigenvalue weighted by molar-refractivity contribution is 0.312. The number of unbranched alkanes of at least 4 members (excludes halogenated alkanes) is 2. The van der Waals surface area contributed by atoms with Gasteiger partial charge in [0.1, 0.15) is 5.82 Å². The molecule has 2 N–H and O–H groups in total. The number of rotatable bonds is 5. The monoisotopic (exact) mass is 333 g/mol. The van der Waals surface area contributed by atoms with Crippen LogP contribution in [-0.2, 0) is 0 Å². The number of aryl methyl sites for hydroxylation is 1. The Kier molecular flexibility index (Phi) is 9.94. The fourth-order valence-electron chi connectivity index (χ4n) is 3.20. The maximum absolute atomic E-state index is 13.2. The van der Waals surface area contributed by atoms with E-state index in [4.69, 9.17) is 5.73 Å². The normalized spacial score (nSPS) is 17.5. The highest BCUT2D eigenvalue weighted by molar-refractivity contribution is 5.56. The van der Waals surface area contributed by atoms with Crippen molar-refractivity contribution in [2.45, 2.75) is 72.6 Å². The smallest absolute Gasteiger partial charge is 0.123 e. The van der Waals surface area contributed by atoms with Gasteiger partial charge in [-0.1, -0.05) is 51.3 Å². The molecule has 0 heterocycles. The molecule has 0 aromatic heterocycles. The molecule has 1 nitrogen and oxygen atoms in total. The van der Waals surface area contributed by atoms with Crippen molar-refractivity contribution in [3.8, 4) is 0 Å². The number of benzene rings is 1. The van der Waals surface area contributed by atoms with E-state index >= 15 is 0 Å². The highest BCUT2D eigenvalue weighted by Gasteiger charge is 2.19. The minimum Gasteiger partial charge on any atom is -0.330 e. The largest absolute Gasteiger partial charge is 0.330 e. The van der Waals surface area contributed by atoms with Gasteiger partial charge in [0.25, 0.3) is 0 Å². The van der Waals surface area contributed by atoms with E-state index in [9.17, 15) is 4.39 Å². The molecule has 136 valence electrons. The highest BCUT2D eigenvalue weighted by atomic mass is 19.1. The average Bonchev–Trinajstić information content (AvgIpc) is 2.57. The van der Waals surface area contributed by atoms with Crippen LogP contribution < -0.4 is 5.73 Å². The number of halogens is 1. The Morgan fingerprint density at radius 3 is 2.38 bits per heavy atom. The van der Waals surface area contributed by atoms with Crippen LogP contribution in [0.15, 0.2) is 23.8 Å². The summed E-state index contributed by atoms with van der Waals surface area (Å²) >= 11 is 0.